The predicted octanol–water partition coefficient (Wildman–Crippen LogP) is 15.2. The van der Waals surface area contributed by atoms with Gasteiger partial charge in [-0.3, -0.25) is 19.2 Å². The molecule has 18 heteroatoms. The van der Waals surface area contributed by atoms with E-state index in [1.54, 1.807) is 0 Å². The first-order chi connectivity index (χ1) is 45.1. The van der Waals surface area contributed by atoms with Gasteiger partial charge in [-0.05, 0) is 264 Å². The number of carbonyl (C=O) groups is 5. The molecule has 0 saturated carbocycles. The number of rotatable bonds is 23. The second kappa shape index (κ2) is 28.8. The highest BCUT2D eigenvalue weighted by molar-refractivity contribution is 5.98. The summed E-state index contributed by atoms with van der Waals surface area (Å²) in [6.07, 6.45) is 6.43. The Bertz CT molecular complexity index is 4580. The number of methoxy groups -OCH3 is 2. The van der Waals surface area contributed by atoms with E-state index in [4.69, 9.17) is 29.4 Å². The lowest BCUT2D eigenvalue weighted by Crippen LogP contribution is -2.41. The molecular formula is C76H90N10O8. The number of H-pyrrole nitrogens is 4. The van der Waals surface area contributed by atoms with E-state index in [0.29, 0.717) is 56.5 Å². The third-order valence-electron chi connectivity index (χ3n) is 19.7. The monoisotopic (exact) mass is 1270 g/mol. The lowest BCUT2D eigenvalue weighted by Gasteiger charge is -2.15. The summed E-state index contributed by atoms with van der Waals surface area (Å²) in [5, 5.41) is 16.3. The van der Waals surface area contributed by atoms with Gasteiger partial charge in [-0.15, -0.1) is 0 Å². The molecule has 6 aromatic heterocycles. The minimum atomic E-state index is -1.14. The van der Waals surface area contributed by atoms with E-state index in [2.05, 4.69) is 122 Å². The highest BCUT2D eigenvalue weighted by Gasteiger charge is 2.26. The number of carbonyl (C=O) groups excluding carboxylic acids is 4. The number of esters is 2. The second-order valence-corrected chi connectivity index (χ2v) is 25.2. The molecule has 0 unspecified atom stereocenters. The molecule has 6 aromatic rings. The first-order valence-corrected chi connectivity index (χ1v) is 33.3. The van der Waals surface area contributed by atoms with Crippen LogP contribution >= 0.6 is 0 Å². The zero-order valence-electron chi connectivity index (χ0n) is 57.1. The number of nitrogens with zero attached hydrogens (tertiary/aromatic N) is 4. The summed E-state index contributed by atoms with van der Waals surface area (Å²) in [5.74, 6) is -2.32. The number of carboxylic acids is 1. The lowest BCUT2D eigenvalue weighted by atomic mass is 9.98. The molecular weight excluding hydrogens is 1180 g/mol. The lowest BCUT2D eigenvalue weighted by molar-refractivity contribution is -0.142. The Kier molecular flexibility index (Phi) is 20.7. The molecule has 0 saturated heterocycles. The van der Waals surface area contributed by atoms with Gasteiger partial charge in [-0.2, -0.15) is 0 Å². The summed E-state index contributed by atoms with van der Waals surface area (Å²) in [6.45, 7) is 25.6. The van der Waals surface area contributed by atoms with Gasteiger partial charge in [0.15, 0.2) is 0 Å². The fourth-order valence-corrected chi connectivity index (χ4v) is 14.0. The fraction of sp³-hybridized carbons (Fsp3) is 0.408. The van der Waals surface area contributed by atoms with Gasteiger partial charge in [0.25, 0.3) is 0 Å². The number of nitrogens with one attached hydrogen (secondary N) is 6. The molecule has 0 fully saturated rings. The van der Waals surface area contributed by atoms with Gasteiger partial charge in [-0.25, -0.2) is 24.7 Å². The zero-order valence-corrected chi connectivity index (χ0v) is 57.1. The molecule has 7 N–H and O–H groups in total. The minimum Gasteiger partial charge on any atom is -0.480 e. The highest BCUT2D eigenvalue weighted by Crippen LogP contribution is 2.41. The van der Waals surface area contributed by atoms with Crippen molar-refractivity contribution in [2.75, 3.05) is 20.8 Å². The number of hydrogen-bond donors (Lipinski definition) is 7. The topological polar surface area (TPSA) is 263 Å². The van der Waals surface area contributed by atoms with Crippen LogP contribution in [-0.4, -0.2) is 102 Å². The summed E-state index contributed by atoms with van der Waals surface area (Å²) in [6, 6.07) is 15.5. The minimum absolute atomic E-state index is 0.0173. The van der Waals surface area contributed by atoms with Crippen molar-refractivity contribution in [3.8, 4) is 0 Å². The van der Waals surface area contributed by atoms with Crippen LogP contribution < -0.4 is 10.6 Å². The number of ether oxygens (including phenoxy) is 2. The van der Waals surface area contributed by atoms with E-state index in [1.165, 1.54) is 30.9 Å². The quantitative estimate of drug-likeness (QED) is 0.0233. The molecule has 4 aliphatic heterocycles. The molecule has 16 bridgehead atoms. The molecule has 0 radical (unpaired) electrons. The van der Waals surface area contributed by atoms with Crippen LogP contribution in [-0.2, 0) is 59.1 Å². The Morgan fingerprint density at radius 3 is 1.24 bits per heavy atom. The van der Waals surface area contributed by atoms with Gasteiger partial charge >= 0.3 is 17.9 Å². The van der Waals surface area contributed by atoms with E-state index in [9.17, 15) is 29.1 Å². The second-order valence-electron chi connectivity index (χ2n) is 25.2. The average molecular weight is 1270 g/mol. The zero-order chi connectivity index (χ0) is 67.4. The van der Waals surface area contributed by atoms with Crippen LogP contribution in [0.4, 0.5) is 0 Å². The van der Waals surface area contributed by atoms with E-state index >= 15 is 0 Å². The summed E-state index contributed by atoms with van der Waals surface area (Å²) in [5.41, 5.74) is 30.5. The SMILES string of the molecule is CCC1=C(C)c2cc3[nH]c(cc4[nH]c(cc5nc(cc1n2)C(C)=C5CC)c(C)c4CCC(=O)N[C@@H](CCCCNC(=O)CCC1=C(C)c2cc4[nH]c(cc5[nH]c(cc6nc(cc1n2)C(CCC(=O)OC)=C6C)c(C)c5CC)c(C)c4CC)C(=O)O)c(CCC(=O)OC)c3C. The van der Waals surface area contributed by atoms with Gasteiger partial charge in [0, 0.05) is 76.4 Å². The Morgan fingerprint density at radius 2 is 0.766 bits per heavy atom. The molecule has 492 valence electrons. The molecule has 2 amide bonds. The molecule has 18 nitrogen and oxygen atoms in total. The van der Waals surface area contributed by atoms with Crippen LogP contribution in [0.25, 0.3) is 88.7 Å². The number of hydrogen-bond acceptors (Lipinski definition) is 11. The van der Waals surface area contributed by atoms with E-state index in [1.807, 2.05) is 39.8 Å². The predicted molar refractivity (Wildman–Crippen MR) is 376 cm³/mol. The largest absolute Gasteiger partial charge is 0.480 e. The van der Waals surface area contributed by atoms with Gasteiger partial charge < -0.3 is 45.1 Å². The normalized spacial score (nSPS) is 13.5. The number of aryl methyl sites for hydroxylation is 8. The van der Waals surface area contributed by atoms with E-state index in [0.717, 1.165) is 176 Å². The summed E-state index contributed by atoms with van der Waals surface area (Å²) in [4.78, 5) is 101. The third-order valence-corrected chi connectivity index (χ3v) is 19.7. The fourth-order valence-electron chi connectivity index (χ4n) is 14.0. The third kappa shape index (κ3) is 13.9. The van der Waals surface area contributed by atoms with Crippen molar-refractivity contribution in [3.05, 3.63) is 139 Å². The van der Waals surface area contributed by atoms with Crippen molar-refractivity contribution >= 4 is 118 Å². The number of carboxylic acid groups (broad SMARTS) is 1. The maximum absolute atomic E-state index is 13.9. The van der Waals surface area contributed by atoms with E-state index < -0.39 is 17.9 Å². The number of aromatic nitrogens is 8. The number of aliphatic carboxylic acids is 1. The molecule has 0 aromatic carbocycles. The van der Waals surface area contributed by atoms with E-state index in [-0.39, 0.29) is 49.9 Å². The van der Waals surface area contributed by atoms with Gasteiger partial charge in [0.2, 0.25) is 11.8 Å². The molecule has 0 spiro atoms. The maximum atomic E-state index is 13.9. The van der Waals surface area contributed by atoms with Crippen LogP contribution in [0.1, 0.15) is 216 Å². The molecule has 1 atom stereocenters. The summed E-state index contributed by atoms with van der Waals surface area (Å²) >= 11 is 0. The number of aromatic amines is 4. The van der Waals surface area contributed by atoms with Crippen LogP contribution in [0, 0.1) is 27.7 Å². The van der Waals surface area contributed by atoms with Crippen LogP contribution in [0.3, 0.4) is 0 Å². The Balaban J connectivity index is 0.851. The highest BCUT2D eigenvalue weighted by atomic mass is 16.5. The molecule has 4 aliphatic rings. The summed E-state index contributed by atoms with van der Waals surface area (Å²) < 4.78 is 10.1. The van der Waals surface area contributed by atoms with Gasteiger partial charge in [0.1, 0.15) is 6.04 Å². The van der Waals surface area contributed by atoms with Crippen molar-refractivity contribution in [1.29, 1.82) is 0 Å². The summed E-state index contributed by atoms with van der Waals surface area (Å²) in [7, 11) is 2.78. The number of fused-ring (bicyclic) bond motifs is 16. The van der Waals surface area contributed by atoms with Crippen LogP contribution in [0.15, 0.2) is 48.5 Å². The smallest absolute Gasteiger partial charge is 0.326 e. The standard InChI is InChI=1S/C76H90N10O8/c1-15-47-39(5)56-31-58-45(11)53(24-28-74(89)93-13)70(82-58)37-68-51(43(9)62(84-68)35-66-49(17-3)41(7)60(80-66)33-64(47)78-56)22-26-72(87)77-30-20-19-21-55(76(91)92)86-73(88)27-23-52-44(10)63-36-67-50(18-4)42(8)61(81-67)34-65-48(16-2)40(6)57(79-65)32-59-46(12)54(25-29-75(90)94-14)71(83-59)38-69(52)85-63/h31-38,55,78,80,83,85H,15-30H2,1-14H3,(H,77,87)(H,86,88)(H,91,92)/t55-/m0/s1. The van der Waals surface area contributed by atoms with Crippen molar-refractivity contribution in [1.82, 2.24) is 50.5 Å². The maximum Gasteiger partial charge on any atom is 0.326 e. The first-order valence-electron chi connectivity index (χ1n) is 33.3. The Hall–Kier alpha value is -9.45. The van der Waals surface area contributed by atoms with Crippen molar-refractivity contribution < 1.29 is 38.6 Å². The van der Waals surface area contributed by atoms with Crippen molar-refractivity contribution in [2.24, 2.45) is 0 Å². The first kappa shape index (κ1) is 67.4. The van der Waals surface area contributed by atoms with Gasteiger partial charge in [-0.1, -0.05) is 27.7 Å². The average Bonchev–Trinajstić information content (AvgIpc) is 1.63. The number of unbranched alkanes of at least 4 members (excludes halogenated alkanes) is 1. The molecule has 10 heterocycles. The van der Waals surface area contributed by atoms with Crippen LogP contribution in [0.2, 0.25) is 0 Å². The number of amides is 2. The van der Waals surface area contributed by atoms with Gasteiger partial charge in [0.05, 0.1) is 59.8 Å². The Labute approximate surface area is 549 Å². The van der Waals surface area contributed by atoms with Crippen LogP contribution in [0.5, 0.6) is 0 Å². The number of allylic oxidation sites excluding steroid dienone is 8. The molecule has 94 heavy (non-hydrogen) atoms. The molecule has 0 aliphatic carbocycles. The van der Waals surface area contributed by atoms with Crippen molar-refractivity contribution in [3.63, 3.8) is 0 Å². The molecule has 10 rings (SSSR count). The van der Waals surface area contributed by atoms with Crippen molar-refractivity contribution in [2.45, 2.75) is 185 Å². The Morgan fingerprint density at radius 1 is 0.415 bits per heavy atom.